The Hall–Kier alpha value is -3.07. The minimum atomic E-state index is -0.916. The van der Waals surface area contributed by atoms with Crippen molar-refractivity contribution in [1.82, 2.24) is 15.0 Å². The molecule has 1 N–H and O–H groups in total. The summed E-state index contributed by atoms with van der Waals surface area (Å²) in [7, 11) is 0. The van der Waals surface area contributed by atoms with Crippen LogP contribution in [0.1, 0.15) is 45.4 Å². The van der Waals surface area contributed by atoms with Crippen LogP contribution in [0.25, 0.3) is 22.4 Å². The molecule has 180 valence electrons. The molecule has 2 aliphatic rings. The van der Waals surface area contributed by atoms with Gasteiger partial charge in [0.15, 0.2) is 11.6 Å². The number of halogens is 2. The van der Waals surface area contributed by atoms with Gasteiger partial charge in [-0.25, -0.2) is 18.7 Å². The predicted molar refractivity (Wildman–Crippen MR) is 123 cm³/mol. The standard InChI is InChI=1S/C25H28F2N4O3/c1-15(32)33-17-3-5-18(6-4-17)34-19-8-10-31(11-9-19)24-7-2-16(14-28-24)25-29-22-12-20(26)21(27)13-23(22)30-25/h2,7,12-14,17-19H,3-6,8-11H2,1H3,(H,29,30). The van der Waals surface area contributed by atoms with Gasteiger partial charge in [-0.15, -0.1) is 0 Å². The number of fused-ring (bicyclic) bond motifs is 1. The highest BCUT2D eigenvalue weighted by Crippen LogP contribution is 2.28. The minimum absolute atomic E-state index is 0.0372. The Balaban J connectivity index is 1.14. The second-order valence-electron chi connectivity index (χ2n) is 9.10. The van der Waals surface area contributed by atoms with E-state index in [0.717, 1.165) is 75.1 Å². The first kappa shape index (κ1) is 22.7. The zero-order valence-corrected chi connectivity index (χ0v) is 19.1. The molecule has 9 heteroatoms. The maximum Gasteiger partial charge on any atom is 0.302 e. The molecule has 1 aliphatic carbocycles. The molecule has 2 aromatic heterocycles. The summed E-state index contributed by atoms with van der Waals surface area (Å²) in [6.45, 7) is 3.19. The lowest BCUT2D eigenvalue weighted by molar-refractivity contribution is -0.150. The van der Waals surface area contributed by atoms with E-state index in [2.05, 4.69) is 19.9 Å². The minimum Gasteiger partial charge on any atom is -0.463 e. The fourth-order valence-electron chi connectivity index (χ4n) is 4.87. The van der Waals surface area contributed by atoms with Gasteiger partial charge in [-0.1, -0.05) is 0 Å². The summed E-state index contributed by atoms with van der Waals surface area (Å²) in [4.78, 5) is 25.3. The van der Waals surface area contributed by atoms with Crippen LogP contribution in [0, 0.1) is 11.6 Å². The van der Waals surface area contributed by atoms with Crippen molar-refractivity contribution >= 4 is 22.8 Å². The monoisotopic (exact) mass is 470 g/mol. The van der Waals surface area contributed by atoms with Gasteiger partial charge in [-0.05, 0) is 50.7 Å². The van der Waals surface area contributed by atoms with Crippen LogP contribution in [-0.4, -0.2) is 52.3 Å². The highest BCUT2D eigenvalue weighted by molar-refractivity contribution is 5.79. The number of esters is 1. The Labute approximate surface area is 196 Å². The maximum atomic E-state index is 13.5. The van der Waals surface area contributed by atoms with E-state index >= 15 is 0 Å². The summed E-state index contributed by atoms with van der Waals surface area (Å²) in [6, 6.07) is 6.06. The number of aromatic amines is 1. The number of imidazole rings is 1. The van der Waals surface area contributed by atoms with Gasteiger partial charge in [-0.3, -0.25) is 4.79 Å². The fourth-order valence-corrected chi connectivity index (χ4v) is 4.87. The van der Waals surface area contributed by atoms with E-state index in [4.69, 9.17) is 9.47 Å². The normalized spacial score (nSPS) is 21.7. The van der Waals surface area contributed by atoms with Gasteiger partial charge in [0.05, 0.1) is 23.2 Å². The number of anilines is 1. The number of nitrogens with zero attached hydrogens (tertiary/aromatic N) is 3. The molecule has 7 nitrogen and oxygen atoms in total. The SMILES string of the molecule is CC(=O)OC1CCC(OC2CCN(c3ccc(-c4nc5cc(F)c(F)cc5[nH]4)cn3)CC2)CC1. The summed E-state index contributed by atoms with van der Waals surface area (Å²) in [5.41, 5.74) is 1.57. The second-order valence-corrected chi connectivity index (χ2v) is 9.10. The molecule has 0 spiro atoms. The average molecular weight is 471 g/mol. The number of hydrogen-bond acceptors (Lipinski definition) is 6. The van der Waals surface area contributed by atoms with Crippen molar-refractivity contribution in [3.63, 3.8) is 0 Å². The fraction of sp³-hybridized carbons (Fsp3) is 0.480. The van der Waals surface area contributed by atoms with Gasteiger partial charge in [0.25, 0.3) is 0 Å². The van der Waals surface area contributed by atoms with Gasteiger partial charge in [0, 0.05) is 43.9 Å². The van der Waals surface area contributed by atoms with Crippen molar-refractivity contribution in [2.24, 2.45) is 0 Å². The number of rotatable bonds is 5. The molecule has 0 unspecified atom stereocenters. The van der Waals surface area contributed by atoms with Crippen LogP contribution in [0.3, 0.4) is 0 Å². The third-order valence-electron chi connectivity index (χ3n) is 6.65. The number of piperidine rings is 1. The molecule has 0 radical (unpaired) electrons. The van der Waals surface area contributed by atoms with Crippen molar-refractivity contribution < 1.29 is 23.0 Å². The number of hydrogen-bond donors (Lipinski definition) is 1. The van der Waals surface area contributed by atoms with Gasteiger partial charge < -0.3 is 19.4 Å². The zero-order chi connectivity index (χ0) is 23.7. The molecule has 1 saturated carbocycles. The summed E-state index contributed by atoms with van der Waals surface area (Å²) in [5.74, 6) is -0.618. The first-order valence-corrected chi connectivity index (χ1v) is 11.8. The van der Waals surface area contributed by atoms with Crippen LogP contribution < -0.4 is 4.90 Å². The van der Waals surface area contributed by atoms with E-state index in [-0.39, 0.29) is 24.3 Å². The van der Waals surface area contributed by atoms with E-state index in [1.54, 1.807) is 6.20 Å². The third kappa shape index (κ3) is 5.04. The molecular weight excluding hydrogens is 442 g/mol. The van der Waals surface area contributed by atoms with Crippen molar-refractivity contribution in [1.29, 1.82) is 0 Å². The molecule has 1 saturated heterocycles. The molecule has 0 bridgehead atoms. The smallest absolute Gasteiger partial charge is 0.302 e. The molecule has 5 rings (SSSR count). The molecule has 3 aromatic rings. The Morgan fingerprint density at radius 2 is 1.68 bits per heavy atom. The predicted octanol–water partition coefficient (Wildman–Crippen LogP) is 4.76. The molecule has 3 heterocycles. The van der Waals surface area contributed by atoms with Gasteiger partial charge >= 0.3 is 5.97 Å². The average Bonchev–Trinajstić information content (AvgIpc) is 3.23. The number of ether oxygens (including phenoxy) is 2. The first-order chi connectivity index (χ1) is 16.4. The third-order valence-corrected chi connectivity index (χ3v) is 6.65. The van der Waals surface area contributed by atoms with Crippen molar-refractivity contribution in [2.75, 3.05) is 18.0 Å². The zero-order valence-electron chi connectivity index (χ0n) is 19.1. The summed E-state index contributed by atoms with van der Waals surface area (Å²) >= 11 is 0. The molecule has 2 fully saturated rings. The first-order valence-electron chi connectivity index (χ1n) is 11.8. The summed E-state index contributed by atoms with van der Waals surface area (Å²) < 4.78 is 38.6. The quantitative estimate of drug-likeness (QED) is 0.542. The van der Waals surface area contributed by atoms with Gasteiger partial charge in [-0.2, -0.15) is 0 Å². The van der Waals surface area contributed by atoms with Crippen molar-refractivity contribution in [3.8, 4) is 11.4 Å². The molecule has 1 aromatic carbocycles. The number of pyridine rings is 1. The molecular formula is C25H28F2N4O3. The Morgan fingerprint density at radius 3 is 2.35 bits per heavy atom. The number of benzene rings is 1. The van der Waals surface area contributed by atoms with Crippen molar-refractivity contribution in [3.05, 3.63) is 42.1 Å². The molecule has 0 atom stereocenters. The summed E-state index contributed by atoms with van der Waals surface area (Å²) in [6.07, 6.45) is 7.73. The van der Waals surface area contributed by atoms with Gasteiger partial charge in [0.1, 0.15) is 17.7 Å². The lowest BCUT2D eigenvalue weighted by Gasteiger charge is -2.36. The van der Waals surface area contributed by atoms with Crippen LogP contribution in [0.2, 0.25) is 0 Å². The van der Waals surface area contributed by atoms with Crippen LogP contribution in [0.5, 0.6) is 0 Å². The lowest BCUT2D eigenvalue weighted by atomic mass is 9.94. The lowest BCUT2D eigenvalue weighted by Crippen LogP contribution is -2.39. The van der Waals surface area contributed by atoms with E-state index < -0.39 is 11.6 Å². The Morgan fingerprint density at radius 1 is 1.00 bits per heavy atom. The molecule has 1 aliphatic heterocycles. The Kier molecular flexibility index (Phi) is 6.45. The van der Waals surface area contributed by atoms with E-state index in [1.165, 1.54) is 6.92 Å². The number of aromatic nitrogens is 3. The van der Waals surface area contributed by atoms with Crippen LogP contribution in [-0.2, 0) is 14.3 Å². The maximum absolute atomic E-state index is 13.5. The van der Waals surface area contributed by atoms with E-state index in [0.29, 0.717) is 16.9 Å². The Bertz CT molecular complexity index is 1110. The highest BCUT2D eigenvalue weighted by atomic mass is 19.2. The number of nitrogens with one attached hydrogen (secondary N) is 1. The van der Waals surface area contributed by atoms with Crippen LogP contribution >= 0.6 is 0 Å². The second kappa shape index (κ2) is 9.66. The topological polar surface area (TPSA) is 80.3 Å². The van der Waals surface area contributed by atoms with E-state index in [9.17, 15) is 13.6 Å². The summed E-state index contributed by atoms with van der Waals surface area (Å²) in [5, 5.41) is 0. The number of carbonyl (C=O) groups excluding carboxylic acids is 1. The largest absolute Gasteiger partial charge is 0.463 e. The molecule has 34 heavy (non-hydrogen) atoms. The highest BCUT2D eigenvalue weighted by Gasteiger charge is 2.28. The number of H-pyrrole nitrogens is 1. The van der Waals surface area contributed by atoms with Gasteiger partial charge in [0.2, 0.25) is 0 Å². The van der Waals surface area contributed by atoms with Crippen LogP contribution in [0.4, 0.5) is 14.6 Å². The van der Waals surface area contributed by atoms with E-state index in [1.807, 2.05) is 12.1 Å². The molecule has 0 amide bonds. The van der Waals surface area contributed by atoms with Crippen molar-refractivity contribution in [2.45, 2.75) is 63.8 Å². The van der Waals surface area contributed by atoms with Crippen LogP contribution in [0.15, 0.2) is 30.5 Å². The number of carbonyl (C=O) groups is 1.